The number of ether oxygens (including phenoxy) is 1. The van der Waals surface area contributed by atoms with Gasteiger partial charge in [0, 0.05) is 10.0 Å². The summed E-state index contributed by atoms with van der Waals surface area (Å²) in [7, 11) is 0. The first-order chi connectivity index (χ1) is 12.6. The Labute approximate surface area is 155 Å². The Morgan fingerprint density at radius 1 is 1.12 bits per heavy atom. The molecule has 2 heterocycles. The van der Waals surface area contributed by atoms with Crippen LogP contribution in [-0.4, -0.2) is 26.8 Å². The fraction of sp³-hybridized carbons (Fsp3) is 0.118. The average Bonchev–Trinajstić information content (AvgIpc) is 3.10. The monoisotopic (exact) mass is 419 g/mol. The minimum absolute atomic E-state index is 0.0803. The van der Waals surface area contributed by atoms with Crippen molar-refractivity contribution in [2.45, 2.75) is 12.7 Å². The van der Waals surface area contributed by atoms with E-state index in [9.17, 15) is 8.78 Å². The second kappa shape index (κ2) is 6.83. The average molecular weight is 420 g/mol. The van der Waals surface area contributed by atoms with E-state index in [-0.39, 0.29) is 11.8 Å². The molecular formula is C17H12BrF2N5O. The molecule has 0 unspecified atom stereocenters. The number of halogens is 3. The smallest absolute Gasteiger partial charge is 0.387 e. The molecule has 1 aliphatic heterocycles. The van der Waals surface area contributed by atoms with Gasteiger partial charge in [-0.25, -0.2) is 0 Å². The Bertz CT molecular complexity index is 958. The molecule has 0 saturated heterocycles. The first-order valence-electron chi connectivity index (χ1n) is 7.68. The molecule has 1 atom stereocenters. The topological polar surface area (TPSA) is 64.9 Å². The number of aromatic nitrogens is 4. The maximum absolute atomic E-state index is 12.7. The molecule has 26 heavy (non-hydrogen) atoms. The number of para-hydroxylation sites is 1. The quantitative estimate of drug-likeness (QED) is 0.689. The van der Waals surface area contributed by atoms with Crippen LogP contribution in [-0.2, 0) is 0 Å². The molecule has 132 valence electrons. The Kier molecular flexibility index (Phi) is 4.37. The number of nitrogens with zero attached hydrogens (tertiary/aromatic N) is 4. The summed E-state index contributed by atoms with van der Waals surface area (Å²) in [5.41, 5.74) is 2.05. The molecule has 0 amide bonds. The van der Waals surface area contributed by atoms with Gasteiger partial charge in [-0.2, -0.15) is 13.5 Å². The van der Waals surface area contributed by atoms with E-state index in [1.165, 1.54) is 6.07 Å². The van der Waals surface area contributed by atoms with E-state index in [0.717, 1.165) is 10.0 Å². The van der Waals surface area contributed by atoms with Crippen molar-refractivity contribution >= 4 is 27.6 Å². The van der Waals surface area contributed by atoms with E-state index >= 15 is 0 Å². The van der Waals surface area contributed by atoms with Crippen LogP contribution >= 0.6 is 15.9 Å². The Morgan fingerprint density at radius 2 is 1.88 bits per heavy atom. The van der Waals surface area contributed by atoms with Crippen LogP contribution in [0.2, 0.25) is 0 Å². The number of hydrogen-bond acceptors (Lipinski definition) is 5. The summed E-state index contributed by atoms with van der Waals surface area (Å²) in [4.78, 5) is 0. The van der Waals surface area contributed by atoms with Gasteiger partial charge in [0.25, 0.3) is 0 Å². The molecule has 0 bridgehead atoms. The number of anilines is 1. The third kappa shape index (κ3) is 3.17. The van der Waals surface area contributed by atoms with Crippen LogP contribution in [0, 0.1) is 0 Å². The van der Waals surface area contributed by atoms with Gasteiger partial charge in [-0.05, 0) is 46.3 Å². The zero-order valence-corrected chi connectivity index (χ0v) is 14.8. The van der Waals surface area contributed by atoms with Crippen LogP contribution in [0.3, 0.4) is 0 Å². The fourth-order valence-corrected chi connectivity index (χ4v) is 3.06. The largest absolute Gasteiger partial charge is 0.434 e. The van der Waals surface area contributed by atoms with Crippen molar-refractivity contribution < 1.29 is 13.5 Å². The molecule has 3 aromatic rings. The highest BCUT2D eigenvalue weighted by molar-refractivity contribution is 9.10. The van der Waals surface area contributed by atoms with Crippen molar-refractivity contribution in [3.8, 4) is 5.75 Å². The number of allylic oxidation sites excluding steroid dienone is 1. The summed E-state index contributed by atoms with van der Waals surface area (Å²) in [5.74, 6) is 0.499. The third-order valence-corrected chi connectivity index (χ3v) is 4.46. The van der Waals surface area contributed by atoms with Crippen LogP contribution < -0.4 is 10.1 Å². The highest BCUT2D eigenvalue weighted by Gasteiger charge is 2.25. The van der Waals surface area contributed by atoms with Gasteiger partial charge in [-0.1, -0.05) is 45.3 Å². The third-order valence-electron chi connectivity index (χ3n) is 3.93. The van der Waals surface area contributed by atoms with E-state index in [0.29, 0.717) is 17.2 Å². The highest BCUT2D eigenvalue weighted by atomic mass is 79.9. The normalized spacial score (nSPS) is 16.0. The lowest BCUT2D eigenvalue weighted by atomic mass is 10.0. The number of fused-ring (bicyclic) bond motifs is 1. The Balaban J connectivity index is 1.79. The molecule has 0 fully saturated rings. The predicted molar refractivity (Wildman–Crippen MR) is 94.8 cm³/mol. The van der Waals surface area contributed by atoms with E-state index < -0.39 is 6.61 Å². The molecular weight excluding hydrogens is 408 g/mol. The van der Waals surface area contributed by atoms with Crippen molar-refractivity contribution in [2.75, 3.05) is 5.32 Å². The molecule has 1 N–H and O–H groups in total. The van der Waals surface area contributed by atoms with Crippen LogP contribution in [0.25, 0.3) is 5.70 Å². The number of benzene rings is 2. The van der Waals surface area contributed by atoms with Crippen LogP contribution in [0.15, 0.2) is 59.1 Å². The first-order valence-corrected chi connectivity index (χ1v) is 8.47. The van der Waals surface area contributed by atoms with Gasteiger partial charge in [0.15, 0.2) is 0 Å². The molecule has 9 heteroatoms. The fourth-order valence-electron chi connectivity index (χ4n) is 2.80. The summed E-state index contributed by atoms with van der Waals surface area (Å²) in [6.07, 6.45) is 1.88. The Hall–Kier alpha value is -2.81. The van der Waals surface area contributed by atoms with Crippen molar-refractivity contribution in [1.29, 1.82) is 0 Å². The van der Waals surface area contributed by atoms with Gasteiger partial charge < -0.3 is 10.1 Å². The summed E-state index contributed by atoms with van der Waals surface area (Å²) < 4.78 is 32.7. The molecule has 2 aromatic carbocycles. The number of nitrogens with one attached hydrogen (secondary N) is 1. The number of hydrogen-bond donors (Lipinski definition) is 1. The maximum Gasteiger partial charge on any atom is 0.387 e. The molecule has 0 spiro atoms. The Morgan fingerprint density at radius 3 is 2.65 bits per heavy atom. The van der Waals surface area contributed by atoms with Crippen LogP contribution in [0.4, 0.5) is 14.7 Å². The van der Waals surface area contributed by atoms with E-state index in [1.807, 2.05) is 30.3 Å². The lowest BCUT2D eigenvalue weighted by Crippen LogP contribution is -2.20. The highest BCUT2D eigenvalue weighted by Crippen LogP contribution is 2.35. The zero-order chi connectivity index (χ0) is 18.1. The summed E-state index contributed by atoms with van der Waals surface area (Å²) in [6.45, 7) is -2.91. The van der Waals surface area contributed by atoms with Gasteiger partial charge in [0.1, 0.15) is 11.8 Å². The summed E-state index contributed by atoms with van der Waals surface area (Å²) in [5, 5.41) is 14.8. The minimum atomic E-state index is -2.91. The van der Waals surface area contributed by atoms with Crippen LogP contribution in [0.5, 0.6) is 5.75 Å². The van der Waals surface area contributed by atoms with Gasteiger partial charge in [0.2, 0.25) is 5.95 Å². The van der Waals surface area contributed by atoms with Crippen molar-refractivity contribution in [2.24, 2.45) is 0 Å². The molecule has 0 saturated carbocycles. The second-order valence-electron chi connectivity index (χ2n) is 5.52. The van der Waals surface area contributed by atoms with Gasteiger partial charge >= 0.3 is 6.61 Å². The number of alkyl halides is 2. The minimum Gasteiger partial charge on any atom is -0.434 e. The molecule has 1 aliphatic rings. The lowest BCUT2D eigenvalue weighted by molar-refractivity contribution is -0.0500. The van der Waals surface area contributed by atoms with Gasteiger partial charge in [-0.15, -0.1) is 0 Å². The van der Waals surface area contributed by atoms with Crippen molar-refractivity contribution in [1.82, 2.24) is 20.2 Å². The van der Waals surface area contributed by atoms with Crippen molar-refractivity contribution in [3.63, 3.8) is 0 Å². The van der Waals surface area contributed by atoms with Gasteiger partial charge in [-0.3, -0.25) is 0 Å². The molecule has 0 aliphatic carbocycles. The first kappa shape index (κ1) is 16.6. The van der Waals surface area contributed by atoms with E-state index in [4.69, 9.17) is 0 Å². The number of tetrazole rings is 1. The van der Waals surface area contributed by atoms with Gasteiger partial charge in [0.05, 0.1) is 5.70 Å². The molecule has 6 nitrogen and oxygen atoms in total. The molecule has 0 radical (unpaired) electrons. The van der Waals surface area contributed by atoms with Crippen LogP contribution in [0.1, 0.15) is 17.2 Å². The number of rotatable bonds is 4. The predicted octanol–water partition coefficient (Wildman–Crippen LogP) is 4.09. The second-order valence-corrected chi connectivity index (χ2v) is 6.44. The van der Waals surface area contributed by atoms with Crippen molar-refractivity contribution in [3.05, 3.63) is 70.2 Å². The maximum atomic E-state index is 12.7. The SMILES string of the molecule is FC(F)Oc1ccccc1C1=C[C@@H](c2ccc(Br)cc2)n2nnnc2N1. The summed E-state index contributed by atoms with van der Waals surface area (Å²) in [6, 6.07) is 14.0. The van der Waals surface area contributed by atoms with E-state index in [1.54, 1.807) is 22.9 Å². The lowest BCUT2D eigenvalue weighted by Gasteiger charge is -2.24. The summed E-state index contributed by atoms with van der Waals surface area (Å²) >= 11 is 3.41. The zero-order valence-electron chi connectivity index (χ0n) is 13.2. The molecule has 4 rings (SSSR count). The molecule has 1 aromatic heterocycles. The van der Waals surface area contributed by atoms with E-state index in [2.05, 4.69) is 41.5 Å². The standard InChI is InChI=1S/C17H12BrF2N5O/c18-11-7-5-10(6-8-11)14-9-13(21-17-22-23-24-25(14)17)12-3-1-2-4-15(12)26-16(19)20/h1-9,14,16H,(H,21,22,24)/t14-/m0/s1.